The van der Waals surface area contributed by atoms with Crippen LogP contribution in [0.3, 0.4) is 0 Å². The maximum atomic E-state index is 11.3. The van der Waals surface area contributed by atoms with Gasteiger partial charge in [0.2, 0.25) is 0 Å². The zero-order valence-electron chi connectivity index (χ0n) is 11.7. The zero-order chi connectivity index (χ0) is 15.2. The molecule has 0 aliphatic carbocycles. The van der Waals surface area contributed by atoms with Crippen molar-refractivity contribution in [2.45, 2.75) is 20.0 Å². The maximum absolute atomic E-state index is 11.3. The van der Waals surface area contributed by atoms with E-state index in [1.54, 1.807) is 62.4 Å². The SMILES string of the molecule is CC(C)OC(=O)Oc1ccc(Oc2ccc(Cl)cc2)cc1. The Bertz CT molecular complexity index is 591. The number of hydrogen-bond acceptors (Lipinski definition) is 4. The minimum Gasteiger partial charge on any atom is -0.457 e. The molecule has 0 bridgehead atoms. The van der Waals surface area contributed by atoms with Gasteiger partial charge in [0, 0.05) is 5.02 Å². The monoisotopic (exact) mass is 306 g/mol. The van der Waals surface area contributed by atoms with Gasteiger partial charge in [-0.15, -0.1) is 0 Å². The third kappa shape index (κ3) is 5.00. The molecule has 0 heterocycles. The number of halogens is 1. The maximum Gasteiger partial charge on any atom is 0.514 e. The van der Waals surface area contributed by atoms with Gasteiger partial charge in [-0.25, -0.2) is 4.79 Å². The second kappa shape index (κ2) is 6.99. The highest BCUT2D eigenvalue weighted by Crippen LogP contribution is 2.25. The molecule has 0 amide bonds. The molecule has 0 radical (unpaired) electrons. The Morgan fingerprint density at radius 2 is 1.38 bits per heavy atom. The largest absolute Gasteiger partial charge is 0.514 e. The highest BCUT2D eigenvalue weighted by molar-refractivity contribution is 6.30. The average Bonchev–Trinajstić information content (AvgIpc) is 2.42. The van der Waals surface area contributed by atoms with Crippen LogP contribution < -0.4 is 9.47 Å². The molecular weight excluding hydrogens is 292 g/mol. The summed E-state index contributed by atoms with van der Waals surface area (Å²) in [5.74, 6) is 1.69. The van der Waals surface area contributed by atoms with E-state index in [1.165, 1.54) is 0 Å². The van der Waals surface area contributed by atoms with Gasteiger partial charge >= 0.3 is 6.16 Å². The molecule has 0 fully saturated rings. The van der Waals surface area contributed by atoms with Crippen molar-refractivity contribution in [3.8, 4) is 17.2 Å². The van der Waals surface area contributed by atoms with Gasteiger partial charge in [-0.1, -0.05) is 11.6 Å². The summed E-state index contributed by atoms with van der Waals surface area (Å²) in [5.41, 5.74) is 0. The molecule has 5 heteroatoms. The Labute approximate surface area is 128 Å². The number of rotatable bonds is 4. The lowest BCUT2D eigenvalue weighted by Gasteiger charge is -2.09. The minimum atomic E-state index is -0.726. The summed E-state index contributed by atoms with van der Waals surface area (Å²) < 4.78 is 15.5. The molecule has 0 aliphatic heterocycles. The van der Waals surface area contributed by atoms with Crippen molar-refractivity contribution < 1.29 is 19.0 Å². The van der Waals surface area contributed by atoms with E-state index in [0.717, 1.165) is 0 Å². The fraction of sp³-hybridized carbons (Fsp3) is 0.188. The van der Waals surface area contributed by atoms with Crippen LogP contribution in [0.15, 0.2) is 48.5 Å². The van der Waals surface area contributed by atoms with Crippen molar-refractivity contribution in [2.75, 3.05) is 0 Å². The quantitative estimate of drug-likeness (QED) is 0.585. The third-order valence-corrected chi connectivity index (χ3v) is 2.66. The predicted octanol–water partition coefficient (Wildman–Crippen LogP) is 5.06. The van der Waals surface area contributed by atoms with E-state index < -0.39 is 6.16 Å². The molecule has 0 saturated carbocycles. The number of hydrogen-bond donors (Lipinski definition) is 0. The third-order valence-electron chi connectivity index (χ3n) is 2.41. The molecule has 0 atom stereocenters. The summed E-state index contributed by atoms with van der Waals surface area (Å²) in [5, 5.41) is 0.648. The van der Waals surface area contributed by atoms with Gasteiger partial charge in [0.1, 0.15) is 17.2 Å². The van der Waals surface area contributed by atoms with Crippen LogP contribution in [0.2, 0.25) is 5.02 Å². The van der Waals surface area contributed by atoms with Crippen LogP contribution in [0.1, 0.15) is 13.8 Å². The van der Waals surface area contributed by atoms with Crippen molar-refractivity contribution >= 4 is 17.8 Å². The lowest BCUT2D eigenvalue weighted by molar-refractivity contribution is 0.0729. The fourth-order valence-electron chi connectivity index (χ4n) is 1.53. The van der Waals surface area contributed by atoms with Gasteiger partial charge in [0.15, 0.2) is 0 Å². The normalized spacial score (nSPS) is 10.3. The highest BCUT2D eigenvalue weighted by Gasteiger charge is 2.08. The standard InChI is InChI=1S/C16H15ClO4/c1-11(2)19-16(18)21-15-9-7-14(8-10-15)20-13-5-3-12(17)4-6-13/h3-11H,1-2H3. The molecule has 0 aromatic heterocycles. The van der Waals surface area contributed by atoms with E-state index in [-0.39, 0.29) is 6.10 Å². The molecule has 4 nitrogen and oxygen atoms in total. The van der Waals surface area contributed by atoms with E-state index in [2.05, 4.69) is 0 Å². The van der Waals surface area contributed by atoms with Crippen LogP contribution in [0.5, 0.6) is 17.2 Å². The minimum absolute atomic E-state index is 0.218. The van der Waals surface area contributed by atoms with Crippen molar-refractivity contribution in [1.82, 2.24) is 0 Å². The molecular formula is C16H15ClO4. The second-order valence-corrected chi connectivity index (χ2v) is 4.98. The van der Waals surface area contributed by atoms with E-state index in [4.69, 9.17) is 25.8 Å². The number of carbonyl (C=O) groups is 1. The van der Waals surface area contributed by atoms with Crippen LogP contribution in [0, 0.1) is 0 Å². The van der Waals surface area contributed by atoms with Gasteiger partial charge in [0.05, 0.1) is 6.10 Å². The van der Waals surface area contributed by atoms with E-state index in [0.29, 0.717) is 22.3 Å². The molecule has 0 spiro atoms. The summed E-state index contributed by atoms with van der Waals surface area (Å²) in [6, 6.07) is 13.7. The van der Waals surface area contributed by atoms with Crippen LogP contribution in [-0.2, 0) is 4.74 Å². The van der Waals surface area contributed by atoms with Gasteiger partial charge in [-0.2, -0.15) is 0 Å². The van der Waals surface area contributed by atoms with Crippen molar-refractivity contribution in [1.29, 1.82) is 0 Å². The lowest BCUT2D eigenvalue weighted by atomic mass is 10.3. The fourth-order valence-corrected chi connectivity index (χ4v) is 1.65. The Morgan fingerprint density at radius 3 is 1.90 bits per heavy atom. The van der Waals surface area contributed by atoms with E-state index in [1.807, 2.05) is 0 Å². The first-order valence-corrected chi connectivity index (χ1v) is 6.82. The molecule has 2 aromatic carbocycles. The molecule has 0 unspecified atom stereocenters. The topological polar surface area (TPSA) is 44.8 Å². The molecule has 0 saturated heterocycles. The van der Waals surface area contributed by atoms with Crippen molar-refractivity contribution in [3.63, 3.8) is 0 Å². The summed E-state index contributed by atoms with van der Waals surface area (Å²) in [4.78, 5) is 11.3. The van der Waals surface area contributed by atoms with Gasteiger partial charge in [-0.05, 0) is 62.4 Å². The van der Waals surface area contributed by atoms with Crippen molar-refractivity contribution in [2.24, 2.45) is 0 Å². The summed E-state index contributed by atoms with van der Waals surface area (Å²) >= 11 is 5.80. The lowest BCUT2D eigenvalue weighted by Crippen LogP contribution is -2.15. The molecule has 2 aromatic rings. The first kappa shape index (κ1) is 15.2. The highest BCUT2D eigenvalue weighted by atomic mass is 35.5. The molecule has 0 aliphatic rings. The molecule has 2 rings (SSSR count). The predicted molar refractivity (Wildman–Crippen MR) is 80.2 cm³/mol. The number of benzene rings is 2. The van der Waals surface area contributed by atoms with E-state index >= 15 is 0 Å². The van der Waals surface area contributed by atoms with E-state index in [9.17, 15) is 4.79 Å². The Balaban J connectivity index is 1.95. The average molecular weight is 307 g/mol. The first-order valence-electron chi connectivity index (χ1n) is 6.45. The molecule has 110 valence electrons. The molecule has 0 N–H and O–H groups in total. The second-order valence-electron chi connectivity index (χ2n) is 4.55. The zero-order valence-corrected chi connectivity index (χ0v) is 12.5. The first-order chi connectivity index (χ1) is 10.0. The summed E-state index contributed by atoms with van der Waals surface area (Å²) in [6.07, 6.45) is -0.943. The van der Waals surface area contributed by atoms with Gasteiger partial charge < -0.3 is 14.2 Å². The van der Waals surface area contributed by atoms with Crippen LogP contribution >= 0.6 is 11.6 Å². The molecule has 21 heavy (non-hydrogen) atoms. The van der Waals surface area contributed by atoms with Crippen LogP contribution in [0.4, 0.5) is 4.79 Å². The summed E-state index contributed by atoms with van der Waals surface area (Å²) in [7, 11) is 0. The number of carbonyl (C=O) groups excluding carboxylic acids is 1. The van der Waals surface area contributed by atoms with Crippen LogP contribution in [-0.4, -0.2) is 12.3 Å². The summed E-state index contributed by atoms with van der Waals surface area (Å²) in [6.45, 7) is 3.51. The number of ether oxygens (including phenoxy) is 3. The Morgan fingerprint density at radius 1 is 0.905 bits per heavy atom. The smallest absolute Gasteiger partial charge is 0.457 e. The Kier molecular flexibility index (Phi) is 5.06. The van der Waals surface area contributed by atoms with Crippen molar-refractivity contribution in [3.05, 3.63) is 53.6 Å². The van der Waals surface area contributed by atoms with Gasteiger partial charge in [0.25, 0.3) is 0 Å². The van der Waals surface area contributed by atoms with Gasteiger partial charge in [-0.3, -0.25) is 0 Å². The Hall–Kier alpha value is -2.20. The van der Waals surface area contributed by atoms with Crippen LogP contribution in [0.25, 0.3) is 0 Å².